The van der Waals surface area contributed by atoms with Crippen molar-refractivity contribution in [3.63, 3.8) is 0 Å². The van der Waals surface area contributed by atoms with Gasteiger partial charge in [-0.15, -0.1) is 0 Å². The third-order valence-corrected chi connectivity index (χ3v) is 11.8. The molecule has 1 fully saturated rings. The molecule has 0 radical (unpaired) electrons. The first-order chi connectivity index (χ1) is 12.5. The number of hydrogen-bond donors (Lipinski definition) is 0. The molecule has 2 atom stereocenters. The van der Waals surface area contributed by atoms with Crippen LogP contribution in [0.1, 0.15) is 32.4 Å². The van der Waals surface area contributed by atoms with E-state index in [1.54, 1.807) is 0 Å². The molecule has 0 spiro atoms. The molecule has 2 unspecified atom stereocenters. The lowest BCUT2D eigenvalue weighted by Gasteiger charge is -2.43. The smallest absolute Gasteiger partial charge is 0.157 e. The van der Waals surface area contributed by atoms with Crippen LogP contribution >= 0.6 is 0 Å². The second kappa shape index (κ2) is 6.53. The normalized spacial score (nSPS) is 20.0. The Morgan fingerprint density at radius 1 is 0.654 bits per heavy atom. The van der Waals surface area contributed by atoms with Gasteiger partial charge in [-0.1, -0.05) is 122 Å². The van der Waals surface area contributed by atoms with Crippen molar-refractivity contribution >= 4 is 18.4 Å². The number of epoxide rings is 1. The van der Waals surface area contributed by atoms with Gasteiger partial charge < -0.3 is 4.74 Å². The molecule has 132 valence electrons. The average molecular weight is 359 g/mol. The Kier molecular flexibility index (Phi) is 4.34. The second-order valence-corrected chi connectivity index (χ2v) is 13.0. The maximum atomic E-state index is 6.47. The van der Waals surface area contributed by atoms with Crippen LogP contribution in [0.3, 0.4) is 0 Å². The average Bonchev–Trinajstić information content (AvgIpc) is 3.45. The molecule has 3 aromatic rings. The van der Waals surface area contributed by atoms with Crippen molar-refractivity contribution in [1.82, 2.24) is 0 Å². The van der Waals surface area contributed by atoms with Gasteiger partial charge in [0.05, 0.1) is 5.73 Å². The fraction of sp³-hybridized carbons (Fsp3) is 0.250. The van der Waals surface area contributed by atoms with Gasteiger partial charge in [-0.2, -0.15) is 0 Å². The molecule has 0 bridgehead atoms. The Hall–Kier alpha value is -2.16. The number of rotatable bonds is 4. The van der Waals surface area contributed by atoms with Gasteiger partial charge in [0.15, 0.2) is 8.07 Å². The van der Waals surface area contributed by atoms with Crippen molar-refractivity contribution < 1.29 is 4.74 Å². The van der Waals surface area contributed by atoms with Gasteiger partial charge in [-0.3, -0.25) is 0 Å². The Labute approximate surface area is 157 Å². The van der Waals surface area contributed by atoms with Gasteiger partial charge >= 0.3 is 0 Å². The Bertz CT molecular complexity index is 813. The Morgan fingerprint density at radius 2 is 1.08 bits per heavy atom. The van der Waals surface area contributed by atoms with Gasteiger partial charge in [0.2, 0.25) is 0 Å². The molecular formula is C24H26OSi. The first-order valence-corrected chi connectivity index (χ1v) is 11.4. The highest BCUT2D eigenvalue weighted by Crippen LogP contribution is 2.51. The van der Waals surface area contributed by atoms with E-state index in [1.165, 1.54) is 15.9 Å². The van der Waals surface area contributed by atoms with E-state index in [0.717, 1.165) is 0 Å². The van der Waals surface area contributed by atoms with E-state index in [1.807, 2.05) is 0 Å². The number of ether oxygens (including phenoxy) is 1. The van der Waals surface area contributed by atoms with E-state index < -0.39 is 8.07 Å². The zero-order valence-corrected chi connectivity index (χ0v) is 16.7. The Balaban J connectivity index is 1.90. The highest BCUT2D eigenvalue weighted by Gasteiger charge is 2.63. The van der Waals surface area contributed by atoms with Crippen LogP contribution in [0.25, 0.3) is 0 Å². The summed E-state index contributed by atoms with van der Waals surface area (Å²) in [5, 5.41) is 3.05. The maximum Gasteiger partial charge on any atom is 0.157 e. The third kappa shape index (κ3) is 2.74. The largest absolute Gasteiger partial charge is 0.367 e. The van der Waals surface area contributed by atoms with E-state index in [2.05, 4.69) is 112 Å². The maximum absolute atomic E-state index is 6.47. The summed E-state index contributed by atoms with van der Waals surface area (Å²) in [6.45, 7) is 7.18. The fourth-order valence-electron chi connectivity index (χ4n) is 4.53. The molecule has 3 aromatic carbocycles. The topological polar surface area (TPSA) is 12.5 Å². The van der Waals surface area contributed by atoms with Gasteiger partial charge in [0.1, 0.15) is 6.10 Å². The molecule has 26 heavy (non-hydrogen) atoms. The summed E-state index contributed by atoms with van der Waals surface area (Å²) in [5.74, 6) is 0. The quantitative estimate of drug-likeness (QED) is 0.485. The molecule has 0 saturated carbocycles. The Morgan fingerprint density at radius 3 is 1.50 bits per heavy atom. The third-order valence-electron chi connectivity index (χ3n) is 5.69. The summed E-state index contributed by atoms with van der Waals surface area (Å²) in [6.07, 6.45) is 0.197. The molecule has 1 aliphatic rings. The fourth-order valence-corrected chi connectivity index (χ4v) is 10.5. The lowest BCUT2D eigenvalue weighted by molar-refractivity contribution is 0.398. The van der Waals surface area contributed by atoms with E-state index in [4.69, 9.17) is 4.74 Å². The van der Waals surface area contributed by atoms with Crippen molar-refractivity contribution in [1.29, 1.82) is 0 Å². The van der Waals surface area contributed by atoms with Gasteiger partial charge in [-0.05, 0) is 10.6 Å². The molecule has 4 rings (SSSR count). The summed E-state index contributed by atoms with van der Waals surface area (Å²) in [7, 11) is -2.18. The van der Waals surface area contributed by atoms with Crippen LogP contribution in [0.2, 0.25) is 5.04 Å². The highest BCUT2D eigenvalue weighted by molar-refractivity contribution is 7.05. The van der Waals surface area contributed by atoms with E-state index in [-0.39, 0.29) is 16.9 Å². The van der Waals surface area contributed by atoms with Crippen LogP contribution in [0.15, 0.2) is 91.0 Å². The molecule has 2 heteroatoms. The minimum Gasteiger partial charge on any atom is -0.367 e. The second-order valence-electron chi connectivity index (χ2n) is 8.18. The molecule has 1 heterocycles. The summed E-state index contributed by atoms with van der Waals surface area (Å²) >= 11 is 0. The minimum atomic E-state index is -2.18. The first kappa shape index (κ1) is 17.3. The standard InChI is InChI=1S/C24H26OSi/c1-24(2,3)26(20-15-9-5-10-16-20,21-17-11-6-12-18-21)23-22(25-23)19-13-7-4-8-14-19/h4-18,22-23H,1-3H3. The van der Waals surface area contributed by atoms with Crippen molar-refractivity contribution in [3.8, 4) is 0 Å². The molecular weight excluding hydrogens is 332 g/mol. The molecule has 1 nitrogen and oxygen atoms in total. The zero-order chi connectivity index (χ0) is 18.2. The summed E-state index contributed by atoms with van der Waals surface area (Å²) in [5.41, 5.74) is 1.56. The molecule has 0 amide bonds. The van der Waals surface area contributed by atoms with Crippen LogP contribution in [-0.4, -0.2) is 13.8 Å². The van der Waals surface area contributed by atoms with Crippen molar-refractivity contribution in [3.05, 3.63) is 96.6 Å². The van der Waals surface area contributed by atoms with E-state index >= 15 is 0 Å². The van der Waals surface area contributed by atoms with Gasteiger partial charge in [0.25, 0.3) is 0 Å². The monoisotopic (exact) mass is 358 g/mol. The van der Waals surface area contributed by atoms with Gasteiger partial charge in [0, 0.05) is 0 Å². The summed E-state index contributed by atoms with van der Waals surface area (Å²) < 4.78 is 6.47. The zero-order valence-electron chi connectivity index (χ0n) is 15.7. The van der Waals surface area contributed by atoms with Crippen molar-refractivity contribution in [2.45, 2.75) is 37.6 Å². The number of hydrogen-bond acceptors (Lipinski definition) is 1. The highest BCUT2D eigenvalue weighted by atomic mass is 28.3. The van der Waals surface area contributed by atoms with Gasteiger partial charge in [-0.25, -0.2) is 0 Å². The van der Waals surface area contributed by atoms with Crippen molar-refractivity contribution in [2.24, 2.45) is 0 Å². The molecule has 1 aliphatic heterocycles. The molecule has 0 aliphatic carbocycles. The minimum absolute atomic E-state index is 0.129. The predicted octanol–water partition coefficient (Wildman–Crippen LogP) is 4.73. The molecule has 1 saturated heterocycles. The summed E-state index contributed by atoms with van der Waals surface area (Å²) in [4.78, 5) is 0. The van der Waals surface area contributed by atoms with Crippen LogP contribution < -0.4 is 10.4 Å². The van der Waals surface area contributed by atoms with E-state index in [0.29, 0.717) is 0 Å². The first-order valence-electron chi connectivity index (χ1n) is 9.36. The molecule has 0 aromatic heterocycles. The molecule has 0 N–H and O–H groups in total. The lowest BCUT2D eigenvalue weighted by atomic mass is 10.2. The van der Waals surface area contributed by atoms with Crippen LogP contribution in [-0.2, 0) is 4.74 Å². The lowest BCUT2D eigenvalue weighted by Crippen LogP contribution is -2.68. The van der Waals surface area contributed by atoms with E-state index in [9.17, 15) is 0 Å². The SMILES string of the molecule is CC(C)(C)[Si](c1ccccc1)(c1ccccc1)C1OC1c1ccccc1. The van der Waals surface area contributed by atoms with Crippen molar-refractivity contribution in [2.75, 3.05) is 0 Å². The number of benzene rings is 3. The summed E-state index contributed by atoms with van der Waals surface area (Å²) in [6, 6.07) is 32.9. The van der Waals surface area contributed by atoms with Crippen LogP contribution in [0, 0.1) is 0 Å². The predicted molar refractivity (Wildman–Crippen MR) is 112 cm³/mol. The van der Waals surface area contributed by atoms with Crippen LogP contribution in [0.5, 0.6) is 0 Å². The van der Waals surface area contributed by atoms with Crippen LogP contribution in [0.4, 0.5) is 0 Å².